The van der Waals surface area contributed by atoms with E-state index in [1.165, 1.54) is 75.4 Å². The summed E-state index contributed by atoms with van der Waals surface area (Å²) in [6.07, 6.45) is 22.3. The van der Waals surface area contributed by atoms with Gasteiger partial charge in [-0.2, -0.15) is 36.4 Å². The van der Waals surface area contributed by atoms with Crippen molar-refractivity contribution in [3.8, 4) is 0 Å². The van der Waals surface area contributed by atoms with E-state index in [1.807, 2.05) is 60.7 Å². The quantitative estimate of drug-likeness (QED) is 0.122. The second-order valence-corrected chi connectivity index (χ2v) is 7.65. The van der Waals surface area contributed by atoms with Gasteiger partial charge in [-0.25, -0.2) is 24.3 Å². The Hall–Kier alpha value is -1.11. The summed E-state index contributed by atoms with van der Waals surface area (Å²) < 4.78 is 0. The van der Waals surface area contributed by atoms with Gasteiger partial charge >= 0.3 is 21.7 Å². The van der Waals surface area contributed by atoms with Crippen molar-refractivity contribution in [2.24, 2.45) is 0 Å². The predicted molar refractivity (Wildman–Crippen MR) is 136 cm³/mol. The van der Waals surface area contributed by atoms with Crippen LogP contribution < -0.4 is 0 Å². The number of rotatable bonds is 13. The molecule has 0 saturated carbocycles. The van der Waals surface area contributed by atoms with Crippen molar-refractivity contribution in [3.63, 3.8) is 0 Å². The van der Waals surface area contributed by atoms with Crippen molar-refractivity contribution in [1.82, 2.24) is 0 Å². The first-order valence-electron chi connectivity index (χ1n) is 12.3. The first-order chi connectivity index (χ1) is 14.8. The Morgan fingerprint density at radius 1 is 0.548 bits per heavy atom. The van der Waals surface area contributed by atoms with E-state index in [4.69, 9.17) is 0 Å². The predicted octanol–water partition coefficient (Wildman–Crippen LogP) is 10.0. The van der Waals surface area contributed by atoms with Crippen molar-refractivity contribution in [2.45, 2.75) is 105 Å². The average molecular weight is 455 g/mol. The summed E-state index contributed by atoms with van der Waals surface area (Å²) in [6, 6.07) is 20.0. The minimum Gasteiger partial charge on any atom is -0.373 e. The van der Waals surface area contributed by atoms with Crippen LogP contribution in [0.15, 0.2) is 71.8 Å². The van der Waals surface area contributed by atoms with Crippen LogP contribution in [-0.4, -0.2) is 0 Å². The summed E-state index contributed by atoms with van der Waals surface area (Å²) in [6.45, 7) is 9.07. The fourth-order valence-electron chi connectivity index (χ4n) is 2.87. The maximum Gasteiger partial charge on any atom is 4.00 e. The number of hydrogen-bond donors (Lipinski definition) is 0. The molecule has 0 aromatic heterocycles. The Morgan fingerprint density at radius 2 is 0.871 bits per heavy atom. The number of unbranched alkanes of at least 4 members (excludes halogenated alkanes) is 6. The fraction of sp³-hybridized carbons (Fsp3) is 0.533. The monoisotopic (exact) mass is 454 g/mol. The van der Waals surface area contributed by atoms with Gasteiger partial charge in [-0.1, -0.05) is 79.1 Å². The summed E-state index contributed by atoms with van der Waals surface area (Å²) in [7, 11) is 0. The molecule has 0 unspecified atom stereocenters. The molecular weight excluding hydrogens is 408 g/mol. The van der Waals surface area contributed by atoms with Crippen molar-refractivity contribution in [1.29, 1.82) is 0 Å². The van der Waals surface area contributed by atoms with Crippen LogP contribution in [-0.2, 0) is 21.7 Å². The van der Waals surface area contributed by atoms with E-state index in [9.17, 15) is 0 Å². The molecule has 2 aromatic rings. The first kappa shape index (κ1) is 32.1. The van der Waals surface area contributed by atoms with Crippen LogP contribution in [0.3, 0.4) is 0 Å². The van der Waals surface area contributed by atoms with Gasteiger partial charge in [0.25, 0.3) is 0 Å². The van der Waals surface area contributed by atoms with Crippen molar-refractivity contribution >= 4 is 0 Å². The maximum absolute atomic E-state index is 3.71. The summed E-state index contributed by atoms with van der Waals surface area (Å²) in [4.78, 5) is 0. The third kappa shape index (κ3) is 21.9. The molecule has 0 aliphatic heterocycles. The van der Waals surface area contributed by atoms with Crippen LogP contribution in [0.25, 0.3) is 0 Å². The second-order valence-electron chi connectivity index (χ2n) is 7.65. The molecule has 0 bridgehead atoms. The number of allylic oxidation sites excluding steroid dienone is 4. The third-order valence-corrected chi connectivity index (χ3v) is 4.77. The Balaban J connectivity index is 0. The van der Waals surface area contributed by atoms with Gasteiger partial charge in [-0.15, -0.1) is 25.7 Å². The Kier molecular flexibility index (Phi) is 27.9. The van der Waals surface area contributed by atoms with Crippen LogP contribution in [0.2, 0.25) is 0 Å². The summed E-state index contributed by atoms with van der Waals surface area (Å²) >= 11 is 0. The second kappa shape index (κ2) is 26.9. The molecule has 0 saturated heterocycles. The van der Waals surface area contributed by atoms with Gasteiger partial charge in [0, 0.05) is 0 Å². The molecule has 0 fully saturated rings. The van der Waals surface area contributed by atoms with Crippen LogP contribution in [0, 0.1) is 12.2 Å². The third-order valence-electron chi connectivity index (χ3n) is 4.77. The minimum absolute atomic E-state index is 0. The number of hydrogen-bond acceptors (Lipinski definition) is 0. The van der Waals surface area contributed by atoms with E-state index in [2.05, 4.69) is 39.8 Å². The molecule has 0 aliphatic rings. The van der Waals surface area contributed by atoms with Gasteiger partial charge in [0.15, 0.2) is 0 Å². The SMILES string of the molecule is CCCC[C-]=C(CCCC)C(=[C-]CCCC)CCCC.[Ti+4].c1cc[cH-]c1.c1cc[cH-]c1. The minimum atomic E-state index is 0. The Bertz CT molecular complexity index is 483. The van der Waals surface area contributed by atoms with E-state index in [-0.39, 0.29) is 21.7 Å². The molecule has 2 rings (SSSR count). The molecule has 31 heavy (non-hydrogen) atoms. The average Bonchev–Trinajstić information content (AvgIpc) is 3.52. The van der Waals surface area contributed by atoms with Gasteiger partial charge in [-0.3, -0.25) is 0 Å². The van der Waals surface area contributed by atoms with E-state index >= 15 is 0 Å². The molecule has 0 N–H and O–H groups in total. The van der Waals surface area contributed by atoms with Crippen molar-refractivity contribution in [3.05, 3.63) is 84.0 Å². The van der Waals surface area contributed by atoms with Gasteiger partial charge in [0.1, 0.15) is 0 Å². The first-order valence-corrected chi connectivity index (χ1v) is 12.3. The largest absolute Gasteiger partial charge is 4.00 e. The molecule has 1 heteroatoms. The molecule has 0 nitrogen and oxygen atoms in total. The van der Waals surface area contributed by atoms with E-state index in [0.717, 1.165) is 12.8 Å². The van der Waals surface area contributed by atoms with Gasteiger partial charge < -0.3 is 23.3 Å². The van der Waals surface area contributed by atoms with Crippen LogP contribution >= 0.6 is 0 Å². The topological polar surface area (TPSA) is 0 Å². The molecule has 0 aliphatic carbocycles. The van der Waals surface area contributed by atoms with E-state index in [1.54, 1.807) is 0 Å². The zero-order valence-corrected chi connectivity index (χ0v) is 22.3. The molecule has 0 radical (unpaired) electrons. The zero-order chi connectivity index (χ0) is 22.1. The molecule has 0 atom stereocenters. The fourth-order valence-corrected chi connectivity index (χ4v) is 2.87. The Labute approximate surface area is 209 Å². The smallest absolute Gasteiger partial charge is 0.373 e. The van der Waals surface area contributed by atoms with E-state index < -0.39 is 0 Å². The molecule has 0 heterocycles. The maximum atomic E-state index is 3.71. The van der Waals surface area contributed by atoms with Crippen LogP contribution in [0.4, 0.5) is 0 Å². The van der Waals surface area contributed by atoms with E-state index in [0.29, 0.717) is 0 Å². The van der Waals surface area contributed by atoms with Gasteiger partial charge in [0.2, 0.25) is 0 Å². The normalized spacial score (nSPS) is 11.0. The van der Waals surface area contributed by atoms with Crippen LogP contribution in [0.5, 0.6) is 0 Å². The summed E-state index contributed by atoms with van der Waals surface area (Å²) in [5.41, 5.74) is 2.98. The van der Waals surface area contributed by atoms with Crippen LogP contribution in [0.1, 0.15) is 105 Å². The molecule has 2 aromatic carbocycles. The van der Waals surface area contributed by atoms with Gasteiger partial charge in [0.05, 0.1) is 0 Å². The standard InChI is InChI=1S/C20H36.2C5H5.Ti/c1-5-9-13-17-19(15-11-7-3)20(16-12-8-4)18-14-10-6-2;2*1-2-4-5-3-1;/h5-16H2,1-4H3;2*1-5H;/q-2;2*-1;+4. The summed E-state index contributed by atoms with van der Waals surface area (Å²) in [5.74, 6) is 0. The molecule has 170 valence electrons. The molecule has 0 amide bonds. The van der Waals surface area contributed by atoms with Gasteiger partial charge in [-0.05, 0) is 0 Å². The zero-order valence-electron chi connectivity index (χ0n) is 20.8. The van der Waals surface area contributed by atoms with Crippen molar-refractivity contribution in [2.75, 3.05) is 0 Å². The Morgan fingerprint density at radius 3 is 1.10 bits per heavy atom. The molecular formula is C30H46Ti. The summed E-state index contributed by atoms with van der Waals surface area (Å²) in [5, 5.41) is 0. The molecule has 0 spiro atoms. The van der Waals surface area contributed by atoms with Crippen molar-refractivity contribution < 1.29 is 21.7 Å².